The minimum atomic E-state index is -4.48. The first-order valence-corrected chi connectivity index (χ1v) is 10.8. The Morgan fingerprint density at radius 2 is 1.74 bits per heavy atom. The predicted octanol–water partition coefficient (Wildman–Crippen LogP) is 3.18. The van der Waals surface area contributed by atoms with Gasteiger partial charge in [0.15, 0.2) is 0 Å². The molecule has 1 heterocycles. The van der Waals surface area contributed by atoms with Gasteiger partial charge < -0.3 is 15.5 Å². The molecule has 0 saturated heterocycles. The number of para-hydroxylation sites is 1. The molecule has 2 atom stereocenters. The number of amides is 3. The summed E-state index contributed by atoms with van der Waals surface area (Å²) < 4.78 is 37.0. The van der Waals surface area contributed by atoms with Gasteiger partial charge in [0.2, 0.25) is 18.0 Å². The molecular weight excluding hydrogens is 449 g/mol. The number of carbonyl (C=O) groups is 3. The molecule has 2 N–H and O–H groups in total. The maximum atomic E-state index is 13.3. The van der Waals surface area contributed by atoms with Crippen molar-refractivity contribution in [3.8, 4) is 0 Å². The number of aliphatic imine (C=N–C) groups is 1. The Bertz CT molecular complexity index is 1090. The standard InChI is InChI=1S/C24H25F3N4O3/c1-3-31-18-12-8-7-11-17(18)20(16-9-5-4-6-10-16)29-21(23(31)34)30-22(33)15(2)28-19(32)13-14-24(25,26)27/h4-12,15,21H,3,13-14H2,1-2H3,(H,28,32)(H,30,33)/t15-,21?/m0/s1. The maximum Gasteiger partial charge on any atom is 0.389 e. The normalized spacial score (nSPS) is 16.7. The molecule has 2 aromatic carbocycles. The van der Waals surface area contributed by atoms with Crippen molar-refractivity contribution >= 4 is 29.1 Å². The summed E-state index contributed by atoms with van der Waals surface area (Å²) in [6.07, 6.45) is -7.84. The number of anilines is 1. The number of rotatable bonds is 7. The zero-order valence-corrected chi connectivity index (χ0v) is 18.7. The highest BCUT2D eigenvalue weighted by Gasteiger charge is 2.33. The molecule has 34 heavy (non-hydrogen) atoms. The first kappa shape index (κ1) is 24.9. The lowest BCUT2D eigenvalue weighted by Crippen LogP contribution is -2.52. The fraction of sp³-hybridized carbons (Fsp3) is 0.333. The third-order valence-corrected chi connectivity index (χ3v) is 5.26. The number of nitrogens with zero attached hydrogens (tertiary/aromatic N) is 2. The van der Waals surface area contributed by atoms with E-state index in [0.717, 1.165) is 5.56 Å². The number of benzodiazepines with no additional fused rings is 1. The Balaban J connectivity index is 1.86. The van der Waals surface area contributed by atoms with Crippen LogP contribution in [0, 0.1) is 0 Å². The fourth-order valence-electron chi connectivity index (χ4n) is 3.57. The number of alkyl halides is 3. The molecule has 1 unspecified atom stereocenters. The van der Waals surface area contributed by atoms with E-state index in [1.165, 1.54) is 11.8 Å². The molecular formula is C24H25F3N4O3. The number of carbonyl (C=O) groups excluding carboxylic acids is 3. The van der Waals surface area contributed by atoms with Gasteiger partial charge in [-0.1, -0.05) is 48.5 Å². The van der Waals surface area contributed by atoms with E-state index in [4.69, 9.17) is 0 Å². The monoisotopic (exact) mass is 474 g/mol. The average molecular weight is 474 g/mol. The molecule has 10 heteroatoms. The van der Waals surface area contributed by atoms with Crippen molar-refractivity contribution in [2.75, 3.05) is 11.4 Å². The second-order valence-electron chi connectivity index (χ2n) is 7.76. The number of halogens is 3. The maximum absolute atomic E-state index is 13.3. The fourth-order valence-corrected chi connectivity index (χ4v) is 3.57. The Hall–Kier alpha value is -3.69. The molecule has 0 spiro atoms. The van der Waals surface area contributed by atoms with Crippen LogP contribution in [-0.2, 0) is 14.4 Å². The van der Waals surface area contributed by atoms with Crippen molar-refractivity contribution in [1.82, 2.24) is 10.6 Å². The highest BCUT2D eigenvalue weighted by Crippen LogP contribution is 2.28. The Kier molecular flexibility index (Phi) is 7.70. The summed E-state index contributed by atoms with van der Waals surface area (Å²) in [5, 5.41) is 4.76. The first-order valence-electron chi connectivity index (χ1n) is 10.8. The van der Waals surface area contributed by atoms with Crippen LogP contribution in [0.1, 0.15) is 37.8 Å². The number of fused-ring (bicyclic) bond motifs is 1. The number of hydrogen-bond acceptors (Lipinski definition) is 4. The molecule has 3 amide bonds. The van der Waals surface area contributed by atoms with Gasteiger partial charge in [-0.15, -0.1) is 0 Å². The smallest absolute Gasteiger partial charge is 0.345 e. The highest BCUT2D eigenvalue weighted by molar-refractivity contribution is 6.20. The van der Waals surface area contributed by atoms with Gasteiger partial charge in [-0.25, -0.2) is 4.99 Å². The van der Waals surface area contributed by atoms with Crippen molar-refractivity contribution < 1.29 is 27.6 Å². The summed E-state index contributed by atoms with van der Waals surface area (Å²) in [7, 11) is 0. The third kappa shape index (κ3) is 6.00. The van der Waals surface area contributed by atoms with Crippen LogP contribution in [-0.4, -0.2) is 48.4 Å². The van der Waals surface area contributed by atoms with Crippen molar-refractivity contribution in [2.24, 2.45) is 4.99 Å². The summed E-state index contributed by atoms with van der Waals surface area (Å²) in [4.78, 5) is 43.9. The zero-order valence-electron chi connectivity index (χ0n) is 18.7. The van der Waals surface area contributed by atoms with E-state index in [-0.39, 0.29) is 0 Å². The van der Waals surface area contributed by atoms with E-state index in [1.54, 1.807) is 19.1 Å². The van der Waals surface area contributed by atoms with Gasteiger partial charge in [0, 0.05) is 24.1 Å². The minimum Gasteiger partial charge on any atom is -0.345 e. The van der Waals surface area contributed by atoms with Gasteiger partial charge in [0.1, 0.15) is 6.04 Å². The second kappa shape index (κ2) is 10.5. The largest absolute Gasteiger partial charge is 0.389 e. The van der Waals surface area contributed by atoms with E-state index in [1.807, 2.05) is 42.5 Å². The topological polar surface area (TPSA) is 90.9 Å². The second-order valence-corrected chi connectivity index (χ2v) is 7.76. The van der Waals surface area contributed by atoms with Crippen molar-refractivity contribution in [1.29, 1.82) is 0 Å². The van der Waals surface area contributed by atoms with Crippen molar-refractivity contribution in [3.05, 3.63) is 65.7 Å². The molecule has 180 valence electrons. The zero-order chi connectivity index (χ0) is 24.9. The molecule has 1 aliphatic heterocycles. The van der Waals surface area contributed by atoms with Crippen molar-refractivity contribution in [3.63, 3.8) is 0 Å². The summed E-state index contributed by atoms with van der Waals surface area (Å²) >= 11 is 0. The number of hydrogen-bond donors (Lipinski definition) is 2. The van der Waals surface area contributed by atoms with Crippen LogP contribution in [0.5, 0.6) is 0 Å². The molecule has 2 aromatic rings. The van der Waals surface area contributed by atoms with Crippen molar-refractivity contribution in [2.45, 2.75) is 45.1 Å². The molecule has 0 saturated carbocycles. The summed E-state index contributed by atoms with van der Waals surface area (Å²) in [6.45, 7) is 3.45. The molecule has 0 aliphatic carbocycles. The van der Waals surface area contributed by atoms with Crippen LogP contribution in [0.25, 0.3) is 0 Å². The summed E-state index contributed by atoms with van der Waals surface area (Å²) in [6, 6.07) is 15.3. The minimum absolute atomic E-state index is 0.323. The number of benzene rings is 2. The molecule has 1 aliphatic rings. The SMILES string of the molecule is CCN1C(=O)C(NC(=O)[C@H](C)NC(=O)CCC(F)(F)F)N=C(c2ccccc2)c2ccccc21. The highest BCUT2D eigenvalue weighted by atomic mass is 19.4. The van der Waals surface area contributed by atoms with Crippen LogP contribution >= 0.6 is 0 Å². The summed E-state index contributed by atoms with van der Waals surface area (Å²) in [5.74, 6) is -2.12. The van der Waals surface area contributed by atoms with Crippen LogP contribution in [0.3, 0.4) is 0 Å². The van der Waals surface area contributed by atoms with Crippen LogP contribution < -0.4 is 15.5 Å². The van der Waals surface area contributed by atoms with E-state index < -0.39 is 48.9 Å². The molecule has 7 nitrogen and oxygen atoms in total. The molecule has 0 bridgehead atoms. The molecule has 0 fully saturated rings. The van der Waals surface area contributed by atoms with Crippen LogP contribution in [0.4, 0.5) is 18.9 Å². The molecule has 0 aromatic heterocycles. The number of nitrogens with one attached hydrogen (secondary N) is 2. The lowest BCUT2D eigenvalue weighted by molar-refractivity contribution is -0.144. The van der Waals surface area contributed by atoms with Gasteiger partial charge in [-0.05, 0) is 19.9 Å². The third-order valence-electron chi connectivity index (χ3n) is 5.26. The van der Waals surface area contributed by atoms with E-state index >= 15 is 0 Å². The number of likely N-dealkylation sites (N-methyl/N-ethyl adjacent to an activating group) is 1. The van der Waals surface area contributed by atoms with Gasteiger partial charge >= 0.3 is 6.18 Å². The van der Waals surface area contributed by atoms with Gasteiger partial charge in [0.05, 0.1) is 17.8 Å². The van der Waals surface area contributed by atoms with Gasteiger partial charge in [-0.2, -0.15) is 13.2 Å². The van der Waals surface area contributed by atoms with E-state index in [2.05, 4.69) is 15.6 Å². The Labute approximate surface area is 195 Å². The quantitative estimate of drug-likeness (QED) is 0.646. The first-order chi connectivity index (χ1) is 16.1. The Morgan fingerprint density at radius 3 is 2.38 bits per heavy atom. The summed E-state index contributed by atoms with van der Waals surface area (Å²) in [5.41, 5.74) is 2.61. The van der Waals surface area contributed by atoms with Gasteiger partial charge in [0.25, 0.3) is 5.91 Å². The Morgan fingerprint density at radius 1 is 1.09 bits per heavy atom. The van der Waals surface area contributed by atoms with Crippen LogP contribution in [0.2, 0.25) is 0 Å². The van der Waals surface area contributed by atoms with E-state index in [9.17, 15) is 27.6 Å². The van der Waals surface area contributed by atoms with E-state index in [0.29, 0.717) is 23.5 Å². The average Bonchev–Trinajstić information content (AvgIpc) is 2.92. The lowest BCUT2D eigenvalue weighted by atomic mass is 10.0. The lowest BCUT2D eigenvalue weighted by Gasteiger charge is -2.24. The van der Waals surface area contributed by atoms with Gasteiger partial charge in [-0.3, -0.25) is 14.4 Å². The molecule has 3 rings (SSSR count). The van der Waals surface area contributed by atoms with Crippen LogP contribution in [0.15, 0.2) is 59.6 Å². The predicted molar refractivity (Wildman–Crippen MR) is 121 cm³/mol. The molecule has 0 radical (unpaired) electrons.